The lowest BCUT2D eigenvalue weighted by Gasteiger charge is -2.26. The van der Waals surface area contributed by atoms with Gasteiger partial charge in [0.15, 0.2) is 0 Å². The van der Waals surface area contributed by atoms with Crippen LogP contribution in [-0.2, 0) is 19.1 Å². The second-order valence-electron chi connectivity index (χ2n) is 4.36. The van der Waals surface area contributed by atoms with Crippen LogP contribution in [0.25, 0.3) is 0 Å². The van der Waals surface area contributed by atoms with Gasteiger partial charge in [-0.25, -0.2) is 0 Å². The van der Waals surface area contributed by atoms with Crippen molar-refractivity contribution in [3.63, 3.8) is 0 Å². The van der Waals surface area contributed by atoms with Crippen LogP contribution < -0.4 is 11.1 Å². The Labute approximate surface area is 99.3 Å². The summed E-state index contributed by atoms with van der Waals surface area (Å²) in [7, 11) is 1.44. The number of carboxylic acid groups (broad SMARTS) is 1. The average Bonchev–Trinajstić information content (AvgIpc) is 2.62. The molecule has 1 aliphatic heterocycles. The van der Waals surface area contributed by atoms with Crippen LogP contribution in [0.3, 0.4) is 0 Å². The summed E-state index contributed by atoms with van der Waals surface area (Å²) in [5, 5.41) is 11.7. The third-order valence-corrected chi connectivity index (χ3v) is 2.94. The third kappa shape index (κ3) is 2.93. The summed E-state index contributed by atoms with van der Waals surface area (Å²) in [6, 6.07) is -1.38. The molecular weight excluding hydrogens is 228 g/mol. The first kappa shape index (κ1) is 13.9. The van der Waals surface area contributed by atoms with Gasteiger partial charge in [-0.1, -0.05) is 0 Å². The van der Waals surface area contributed by atoms with Crippen molar-refractivity contribution in [1.29, 1.82) is 0 Å². The molecule has 1 saturated heterocycles. The lowest BCUT2D eigenvalue weighted by molar-refractivity contribution is -0.149. The maximum atomic E-state index is 11.6. The summed E-state index contributed by atoms with van der Waals surface area (Å²) in [6.45, 7) is 1.87. The number of hydrogen-bond acceptors (Lipinski definition) is 5. The zero-order valence-corrected chi connectivity index (χ0v) is 9.93. The molecule has 3 atom stereocenters. The Kier molecular flexibility index (Phi) is 4.44. The maximum Gasteiger partial charge on any atom is 0.313 e. The second-order valence-corrected chi connectivity index (χ2v) is 4.36. The van der Waals surface area contributed by atoms with Crippen molar-refractivity contribution in [2.45, 2.75) is 19.0 Å². The lowest BCUT2D eigenvalue weighted by Crippen LogP contribution is -2.54. The predicted molar refractivity (Wildman–Crippen MR) is 58.3 cm³/mol. The van der Waals surface area contributed by atoms with Crippen molar-refractivity contribution in [1.82, 2.24) is 5.32 Å². The van der Waals surface area contributed by atoms with Crippen molar-refractivity contribution in [2.75, 3.05) is 26.9 Å². The van der Waals surface area contributed by atoms with Gasteiger partial charge in [-0.3, -0.25) is 9.59 Å². The SMILES string of the molecule is COCC(N)C(=O)NC1COCC1(C)C(=O)O. The number of carbonyl (C=O) groups is 2. The second kappa shape index (κ2) is 5.44. The van der Waals surface area contributed by atoms with Crippen molar-refractivity contribution in [3.8, 4) is 0 Å². The molecular formula is C10H18N2O5. The highest BCUT2D eigenvalue weighted by Gasteiger charge is 2.47. The Balaban J connectivity index is 2.62. The molecule has 0 aromatic rings. The summed E-state index contributed by atoms with van der Waals surface area (Å²) >= 11 is 0. The van der Waals surface area contributed by atoms with Gasteiger partial charge in [0.2, 0.25) is 5.91 Å². The summed E-state index contributed by atoms with van der Waals surface area (Å²) < 4.78 is 9.86. The maximum absolute atomic E-state index is 11.6. The van der Waals surface area contributed by atoms with E-state index in [1.807, 2.05) is 0 Å². The van der Waals surface area contributed by atoms with E-state index in [9.17, 15) is 9.59 Å². The summed E-state index contributed by atoms with van der Waals surface area (Å²) in [5.41, 5.74) is 4.44. The van der Waals surface area contributed by atoms with E-state index in [1.165, 1.54) is 14.0 Å². The van der Waals surface area contributed by atoms with E-state index < -0.39 is 29.4 Å². The number of ether oxygens (including phenoxy) is 2. The molecule has 4 N–H and O–H groups in total. The van der Waals surface area contributed by atoms with Gasteiger partial charge in [-0.05, 0) is 6.92 Å². The van der Waals surface area contributed by atoms with Crippen LogP contribution in [0.2, 0.25) is 0 Å². The minimum atomic E-state index is -1.11. The molecule has 0 spiro atoms. The molecule has 98 valence electrons. The minimum absolute atomic E-state index is 0.0762. The Hall–Kier alpha value is -1.18. The highest BCUT2D eigenvalue weighted by atomic mass is 16.5. The monoisotopic (exact) mass is 246 g/mol. The number of rotatable bonds is 5. The van der Waals surface area contributed by atoms with Crippen molar-refractivity contribution in [3.05, 3.63) is 0 Å². The molecule has 0 bridgehead atoms. The highest BCUT2D eigenvalue weighted by molar-refractivity contribution is 5.83. The van der Waals surface area contributed by atoms with Crippen LogP contribution in [-0.4, -0.2) is 56.0 Å². The molecule has 1 aliphatic rings. The van der Waals surface area contributed by atoms with Crippen LogP contribution in [0.4, 0.5) is 0 Å². The molecule has 7 nitrogen and oxygen atoms in total. The van der Waals surface area contributed by atoms with Crippen molar-refractivity contribution in [2.24, 2.45) is 11.1 Å². The number of methoxy groups -OCH3 is 1. The Morgan fingerprint density at radius 1 is 1.71 bits per heavy atom. The van der Waals surface area contributed by atoms with Crippen molar-refractivity contribution < 1.29 is 24.2 Å². The fraction of sp³-hybridized carbons (Fsp3) is 0.800. The Morgan fingerprint density at radius 2 is 2.35 bits per heavy atom. The largest absolute Gasteiger partial charge is 0.481 e. The predicted octanol–water partition coefficient (Wildman–Crippen LogP) is -1.43. The van der Waals surface area contributed by atoms with E-state index in [-0.39, 0.29) is 19.8 Å². The van der Waals surface area contributed by atoms with Gasteiger partial charge in [0, 0.05) is 7.11 Å². The minimum Gasteiger partial charge on any atom is -0.481 e. The van der Waals surface area contributed by atoms with E-state index in [1.54, 1.807) is 0 Å². The molecule has 1 amide bonds. The molecule has 0 radical (unpaired) electrons. The zero-order valence-electron chi connectivity index (χ0n) is 9.93. The molecule has 0 saturated carbocycles. The Bertz CT molecular complexity index is 309. The molecule has 1 heterocycles. The molecule has 0 aliphatic carbocycles. The number of nitrogens with one attached hydrogen (secondary N) is 1. The first-order chi connectivity index (χ1) is 7.91. The fourth-order valence-electron chi connectivity index (χ4n) is 1.62. The molecule has 1 fully saturated rings. The summed E-state index contributed by atoms with van der Waals surface area (Å²) in [6.07, 6.45) is 0. The summed E-state index contributed by atoms with van der Waals surface area (Å²) in [5.74, 6) is -1.43. The van der Waals surface area contributed by atoms with E-state index in [4.69, 9.17) is 20.3 Å². The van der Waals surface area contributed by atoms with E-state index in [0.29, 0.717) is 0 Å². The van der Waals surface area contributed by atoms with Gasteiger partial charge in [0.05, 0.1) is 25.9 Å². The van der Waals surface area contributed by atoms with E-state index >= 15 is 0 Å². The molecule has 0 aromatic carbocycles. The van der Waals surface area contributed by atoms with Crippen LogP contribution in [0.5, 0.6) is 0 Å². The third-order valence-electron chi connectivity index (χ3n) is 2.94. The number of hydrogen-bond donors (Lipinski definition) is 3. The zero-order chi connectivity index (χ0) is 13.1. The van der Waals surface area contributed by atoms with Gasteiger partial charge in [-0.15, -0.1) is 0 Å². The fourth-order valence-corrected chi connectivity index (χ4v) is 1.62. The lowest BCUT2D eigenvalue weighted by atomic mass is 9.85. The van der Waals surface area contributed by atoms with Crippen LogP contribution in [0.15, 0.2) is 0 Å². The van der Waals surface area contributed by atoms with Crippen LogP contribution in [0.1, 0.15) is 6.92 Å². The quantitative estimate of drug-likeness (QED) is 0.548. The van der Waals surface area contributed by atoms with Gasteiger partial charge < -0.3 is 25.6 Å². The average molecular weight is 246 g/mol. The number of nitrogens with two attached hydrogens (primary N) is 1. The first-order valence-electron chi connectivity index (χ1n) is 5.28. The summed E-state index contributed by atoms with van der Waals surface area (Å²) in [4.78, 5) is 22.8. The smallest absolute Gasteiger partial charge is 0.313 e. The number of carboxylic acids is 1. The number of aliphatic carboxylic acids is 1. The molecule has 0 aromatic heterocycles. The highest BCUT2D eigenvalue weighted by Crippen LogP contribution is 2.28. The van der Waals surface area contributed by atoms with Crippen molar-refractivity contribution >= 4 is 11.9 Å². The first-order valence-corrected chi connectivity index (χ1v) is 5.28. The van der Waals surface area contributed by atoms with Gasteiger partial charge in [0.1, 0.15) is 11.5 Å². The van der Waals surface area contributed by atoms with Gasteiger partial charge in [0.25, 0.3) is 0 Å². The normalized spacial score (nSPS) is 29.9. The van der Waals surface area contributed by atoms with E-state index in [0.717, 1.165) is 0 Å². The van der Waals surface area contributed by atoms with E-state index in [2.05, 4.69) is 5.32 Å². The standard InChI is InChI=1S/C10H18N2O5/c1-10(9(14)15)5-17-4-7(10)12-8(13)6(11)3-16-2/h6-7H,3-5,11H2,1-2H3,(H,12,13)(H,14,15). The topological polar surface area (TPSA) is 111 Å². The number of amides is 1. The number of carbonyl (C=O) groups excluding carboxylic acids is 1. The molecule has 3 unspecified atom stereocenters. The molecule has 17 heavy (non-hydrogen) atoms. The Morgan fingerprint density at radius 3 is 2.88 bits per heavy atom. The van der Waals surface area contributed by atoms with Crippen LogP contribution in [0, 0.1) is 5.41 Å². The molecule has 7 heteroatoms. The van der Waals surface area contributed by atoms with Gasteiger partial charge in [-0.2, -0.15) is 0 Å². The van der Waals surface area contributed by atoms with Gasteiger partial charge >= 0.3 is 5.97 Å². The van der Waals surface area contributed by atoms with Crippen LogP contribution >= 0.6 is 0 Å². The molecule has 1 rings (SSSR count).